The number of hydrogen-bond acceptors (Lipinski definition) is 5. The monoisotopic (exact) mass is 314 g/mol. The molecule has 2 atom stereocenters. The van der Waals surface area contributed by atoms with E-state index in [0.717, 1.165) is 5.69 Å². The van der Waals surface area contributed by atoms with E-state index in [4.69, 9.17) is 5.73 Å². The van der Waals surface area contributed by atoms with Gasteiger partial charge in [-0.25, -0.2) is 9.97 Å². The number of amides is 1. The molecule has 0 aromatic carbocycles. The molecular formula is C16H22N6O. The molecular weight excluding hydrogens is 292 g/mol. The van der Waals surface area contributed by atoms with Gasteiger partial charge in [0.2, 0.25) is 11.9 Å². The maximum absolute atomic E-state index is 12.2. The Hall–Kier alpha value is -2.25. The first-order valence-corrected chi connectivity index (χ1v) is 7.90. The molecule has 0 spiro atoms. The number of hydrogen-bond donors (Lipinski definition) is 2. The molecule has 1 fully saturated rings. The molecule has 0 radical (unpaired) electrons. The van der Waals surface area contributed by atoms with Crippen LogP contribution in [0.2, 0.25) is 0 Å². The van der Waals surface area contributed by atoms with Gasteiger partial charge >= 0.3 is 0 Å². The summed E-state index contributed by atoms with van der Waals surface area (Å²) >= 11 is 0. The first-order chi connectivity index (χ1) is 11.2. The lowest BCUT2D eigenvalue weighted by Gasteiger charge is -2.23. The Labute approximate surface area is 135 Å². The fourth-order valence-corrected chi connectivity index (χ4v) is 3.04. The van der Waals surface area contributed by atoms with Crippen LogP contribution in [-0.4, -0.2) is 50.5 Å². The van der Waals surface area contributed by atoms with Gasteiger partial charge in [0.25, 0.3) is 0 Å². The topological polar surface area (TPSA) is 89.1 Å². The molecule has 23 heavy (non-hydrogen) atoms. The molecule has 7 nitrogen and oxygen atoms in total. The van der Waals surface area contributed by atoms with Gasteiger partial charge in [-0.15, -0.1) is 0 Å². The third-order valence-corrected chi connectivity index (χ3v) is 4.06. The van der Waals surface area contributed by atoms with Gasteiger partial charge in [-0.2, -0.15) is 0 Å². The van der Waals surface area contributed by atoms with Crippen molar-refractivity contribution < 1.29 is 4.79 Å². The van der Waals surface area contributed by atoms with Gasteiger partial charge in [-0.3, -0.25) is 14.3 Å². The van der Waals surface area contributed by atoms with Crippen LogP contribution in [0.15, 0.2) is 36.8 Å². The van der Waals surface area contributed by atoms with Crippen molar-refractivity contribution in [1.29, 1.82) is 0 Å². The molecule has 1 amide bonds. The van der Waals surface area contributed by atoms with Crippen LogP contribution in [0.4, 0.5) is 0 Å². The number of aromatic nitrogens is 3. The molecule has 0 bridgehead atoms. The van der Waals surface area contributed by atoms with Crippen LogP contribution in [0, 0.1) is 0 Å². The van der Waals surface area contributed by atoms with Gasteiger partial charge in [0.05, 0.1) is 6.04 Å². The second-order valence-corrected chi connectivity index (χ2v) is 5.75. The van der Waals surface area contributed by atoms with E-state index in [2.05, 4.69) is 20.2 Å². The van der Waals surface area contributed by atoms with Crippen LogP contribution >= 0.6 is 0 Å². The number of likely N-dealkylation sites (tertiary alicyclic amines) is 1. The molecule has 1 aliphatic rings. The number of nitrogens with one attached hydrogen (secondary N) is 1. The minimum absolute atomic E-state index is 0.0268. The molecule has 1 saturated heterocycles. The van der Waals surface area contributed by atoms with Gasteiger partial charge in [-0.1, -0.05) is 0 Å². The summed E-state index contributed by atoms with van der Waals surface area (Å²) in [4.78, 5) is 22.9. The maximum atomic E-state index is 12.2. The van der Waals surface area contributed by atoms with E-state index >= 15 is 0 Å². The minimum Gasteiger partial charge on any atom is -0.355 e. The lowest BCUT2D eigenvalue weighted by atomic mass is 10.1. The van der Waals surface area contributed by atoms with Crippen molar-refractivity contribution in [3.05, 3.63) is 42.5 Å². The third-order valence-electron chi connectivity index (χ3n) is 4.06. The second-order valence-electron chi connectivity index (χ2n) is 5.75. The zero-order chi connectivity index (χ0) is 16.2. The average Bonchev–Trinajstić information content (AvgIpc) is 3.15. The van der Waals surface area contributed by atoms with Crippen molar-refractivity contribution in [2.24, 2.45) is 5.73 Å². The highest BCUT2D eigenvalue weighted by molar-refractivity contribution is 5.82. The standard InChI is InChI=1S/C16H22N6O/c1-2-18-15(23)14-9-12(17)10-21(14)11-13-5-3-8-22(13)16-19-6-4-7-20-16/h3-8,12,14H,2,9-11,17H2,1H3,(H,18,23)/t12-,14-/m0/s1. The summed E-state index contributed by atoms with van der Waals surface area (Å²) < 4.78 is 1.94. The maximum Gasteiger partial charge on any atom is 0.237 e. The molecule has 3 N–H and O–H groups in total. The summed E-state index contributed by atoms with van der Waals surface area (Å²) in [5, 5.41) is 2.90. The Kier molecular flexibility index (Phi) is 4.68. The lowest BCUT2D eigenvalue weighted by Crippen LogP contribution is -2.43. The SMILES string of the molecule is CCNC(=O)[C@@H]1C[C@H](N)CN1Cc1cccn1-c1ncccn1. The zero-order valence-corrected chi connectivity index (χ0v) is 13.2. The summed E-state index contributed by atoms with van der Waals surface area (Å²) in [6.07, 6.45) is 6.06. The van der Waals surface area contributed by atoms with Crippen LogP contribution in [0.1, 0.15) is 19.0 Å². The largest absolute Gasteiger partial charge is 0.355 e. The normalized spacial score (nSPS) is 21.5. The highest BCUT2D eigenvalue weighted by Crippen LogP contribution is 2.21. The van der Waals surface area contributed by atoms with Crippen molar-refractivity contribution in [3.8, 4) is 5.95 Å². The highest BCUT2D eigenvalue weighted by Gasteiger charge is 2.35. The Morgan fingerprint density at radius 3 is 2.91 bits per heavy atom. The Morgan fingerprint density at radius 2 is 2.17 bits per heavy atom. The molecule has 3 heterocycles. The van der Waals surface area contributed by atoms with Gasteiger partial charge in [0.15, 0.2) is 0 Å². The van der Waals surface area contributed by atoms with Crippen LogP contribution in [0.25, 0.3) is 5.95 Å². The molecule has 0 saturated carbocycles. The van der Waals surface area contributed by atoms with Crippen molar-refractivity contribution in [2.75, 3.05) is 13.1 Å². The Balaban J connectivity index is 1.79. The summed E-state index contributed by atoms with van der Waals surface area (Å²) in [7, 11) is 0. The second kappa shape index (κ2) is 6.89. The average molecular weight is 314 g/mol. The molecule has 0 unspecified atom stereocenters. The quantitative estimate of drug-likeness (QED) is 0.829. The van der Waals surface area contributed by atoms with E-state index in [1.165, 1.54) is 0 Å². The predicted molar refractivity (Wildman–Crippen MR) is 86.8 cm³/mol. The van der Waals surface area contributed by atoms with Crippen molar-refractivity contribution >= 4 is 5.91 Å². The van der Waals surface area contributed by atoms with E-state index in [9.17, 15) is 4.79 Å². The molecule has 7 heteroatoms. The van der Waals surface area contributed by atoms with Crippen LogP contribution in [0.3, 0.4) is 0 Å². The lowest BCUT2D eigenvalue weighted by molar-refractivity contribution is -0.125. The zero-order valence-electron chi connectivity index (χ0n) is 13.2. The first kappa shape index (κ1) is 15.6. The minimum atomic E-state index is -0.176. The van der Waals surface area contributed by atoms with Gasteiger partial charge < -0.3 is 11.1 Å². The summed E-state index contributed by atoms with van der Waals surface area (Å²) in [6.45, 7) is 3.91. The van der Waals surface area contributed by atoms with Crippen LogP contribution < -0.4 is 11.1 Å². The van der Waals surface area contributed by atoms with Crippen molar-refractivity contribution in [3.63, 3.8) is 0 Å². The number of nitrogens with two attached hydrogens (primary N) is 1. The number of likely N-dealkylation sites (N-methyl/N-ethyl adjacent to an activating group) is 1. The highest BCUT2D eigenvalue weighted by atomic mass is 16.2. The fraction of sp³-hybridized carbons (Fsp3) is 0.438. The summed E-state index contributed by atoms with van der Waals surface area (Å²) in [5.41, 5.74) is 7.12. The third kappa shape index (κ3) is 3.40. The summed E-state index contributed by atoms with van der Waals surface area (Å²) in [6, 6.07) is 5.62. The number of carbonyl (C=O) groups is 1. The number of nitrogens with zero attached hydrogens (tertiary/aromatic N) is 4. The fourth-order valence-electron chi connectivity index (χ4n) is 3.04. The van der Waals surface area contributed by atoms with E-state index in [-0.39, 0.29) is 18.0 Å². The Morgan fingerprint density at radius 1 is 1.39 bits per heavy atom. The van der Waals surface area contributed by atoms with Gasteiger partial charge in [-0.05, 0) is 31.5 Å². The van der Waals surface area contributed by atoms with E-state index in [1.54, 1.807) is 18.5 Å². The van der Waals surface area contributed by atoms with Crippen molar-refractivity contribution in [2.45, 2.75) is 32.0 Å². The smallest absolute Gasteiger partial charge is 0.237 e. The van der Waals surface area contributed by atoms with Gasteiger partial charge in [0.1, 0.15) is 0 Å². The van der Waals surface area contributed by atoms with E-state index in [1.807, 2.05) is 29.8 Å². The molecule has 2 aromatic rings. The number of rotatable bonds is 5. The van der Waals surface area contributed by atoms with E-state index < -0.39 is 0 Å². The molecule has 2 aromatic heterocycles. The van der Waals surface area contributed by atoms with Crippen molar-refractivity contribution in [1.82, 2.24) is 24.8 Å². The van der Waals surface area contributed by atoms with E-state index in [0.29, 0.717) is 32.0 Å². The van der Waals surface area contributed by atoms with Crippen LogP contribution in [0.5, 0.6) is 0 Å². The van der Waals surface area contributed by atoms with Gasteiger partial charge in [0, 0.05) is 50.0 Å². The molecule has 1 aliphatic heterocycles. The Bertz CT molecular complexity index is 656. The molecule has 0 aliphatic carbocycles. The first-order valence-electron chi connectivity index (χ1n) is 7.90. The number of carbonyl (C=O) groups excluding carboxylic acids is 1. The molecule has 122 valence electrons. The summed E-state index contributed by atoms with van der Waals surface area (Å²) in [5.74, 6) is 0.681. The molecule has 3 rings (SSSR count). The predicted octanol–water partition coefficient (Wildman–Crippen LogP) is 0.305. The van der Waals surface area contributed by atoms with Crippen LogP contribution in [-0.2, 0) is 11.3 Å².